The van der Waals surface area contributed by atoms with Gasteiger partial charge in [-0.3, -0.25) is 9.59 Å². The lowest BCUT2D eigenvalue weighted by molar-refractivity contribution is -0.141. The number of carbonyl (C=O) groups is 2. The number of thioether (sulfide) groups is 2. The van der Waals surface area contributed by atoms with E-state index in [0.29, 0.717) is 27.2 Å². The summed E-state index contributed by atoms with van der Waals surface area (Å²) in [5, 5.41) is 0. The lowest BCUT2D eigenvalue weighted by Crippen LogP contribution is -2.48. The summed E-state index contributed by atoms with van der Waals surface area (Å²) in [6.45, 7) is 1.54. The first-order valence-corrected chi connectivity index (χ1v) is 11.2. The highest BCUT2D eigenvalue weighted by Crippen LogP contribution is 2.64. The lowest BCUT2D eigenvalue weighted by Gasteiger charge is -2.51. The molecule has 2 aliphatic carbocycles. The molecule has 1 spiro atoms. The molecule has 1 unspecified atom stereocenters. The predicted octanol–water partition coefficient (Wildman–Crippen LogP) is 4.80. The Hall–Kier alpha value is -0.940. The van der Waals surface area contributed by atoms with Crippen LogP contribution in [0.3, 0.4) is 0 Å². The molecule has 1 aromatic rings. The lowest BCUT2D eigenvalue weighted by atomic mass is 9.67. The second-order valence-electron chi connectivity index (χ2n) is 7.41. The maximum absolute atomic E-state index is 12.7. The Kier molecular flexibility index (Phi) is 4.89. The molecule has 0 radical (unpaired) electrons. The monoisotopic (exact) mass is 376 g/mol. The molecule has 134 valence electrons. The molecule has 4 rings (SSSR count). The van der Waals surface area contributed by atoms with E-state index < -0.39 is 0 Å². The molecule has 1 saturated heterocycles. The number of ketones is 1. The largest absolute Gasteiger partial charge is 0.426 e. The topological polar surface area (TPSA) is 43.4 Å². The van der Waals surface area contributed by atoms with E-state index in [0.717, 1.165) is 12.8 Å². The van der Waals surface area contributed by atoms with E-state index in [1.165, 1.54) is 37.7 Å². The van der Waals surface area contributed by atoms with Crippen LogP contribution in [0.5, 0.6) is 5.75 Å². The Labute approximate surface area is 157 Å². The Morgan fingerprint density at radius 1 is 1.04 bits per heavy atom. The number of hydrogen-bond donors (Lipinski definition) is 0. The SMILES string of the molecule is CC(=O)c1ccc(OC(=O)C2C[C@H]3CCC[C@@H](C2)C32SCCS2)cc1. The number of benzene rings is 1. The van der Waals surface area contributed by atoms with Crippen molar-refractivity contribution >= 4 is 35.3 Å². The van der Waals surface area contributed by atoms with Gasteiger partial charge in [-0.05, 0) is 68.7 Å². The second kappa shape index (κ2) is 6.99. The van der Waals surface area contributed by atoms with Crippen molar-refractivity contribution in [1.82, 2.24) is 0 Å². The van der Waals surface area contributed by atoms with Crippen molar-refractivity contribution in [3.8, 4) is 5.75 Å². The van der Waals surface area contributed by atoms with E-state index in [1.807, 2.05) is 0 Å². The highest BCUT2D eigenvalue weighted by molar-refractivity contribution is 8.21. The van der Waals surface area contributed by atoms with Gasteiger partial charge in [-0.1, -0.05) is 6.42 Å². The molecule has 1 aromatic carbocycles. The van der Waals surface area contributed by atoms with Crippen molar-refractivity contribution in [2.45, 2.75) is 43.1 Å². The van der Waals surface area contributed by atoms with E-state index >= 15 is 0 Å². The van der Waals surface area contributed by atoms with Crippen molar-refractivity contribution in [1.29, 1.82) is 0 Å². The molecule has 1 aliphatic heterocycles. The van der Waals surface area contributed by atoms with Gasteiger partial charge in [0.1, 0.15) is 5.75 Å². The Morgan fingerprint density at radius 2 is 1.64 bits per heavy atom. The van der Waals surface area contributed by atoms with Crippen LogP contribution in [0.1, 0.15) is 49.4 Å². The van der Waals surface area contributed by atoms with Gasteiger partial charge in [-0.15, -0.1) is 23.5 Å². The van der Waals surface area contributed by atoms with Crippen LogP contribution in [-0.2, 0) is 4.79 Å². The maximum Gasteiger partial charge on any atom is 0.314 e. The van der Waals surface area contributed by atoms with Crippen LogP contribution >= 0.6 is 23.5 Å². The van der Waals surface area contributed by atoms with Crippen LogP contribution in [0.15, 0.2) is 24.3 Å². The summed E-state index contributed by atoms with van der Waals surface area (Å²) in [7, 11) is 0. The third-order valence-electron chi connectivity index (χ3n) is 5.93. The van der Waals surface area contributed by atoms with Gasteiger partial charge in [-0.25, -0.2) is 0 Å². The van der Waals surface area contributed by atoms with E-state index in [-0.39, 0.29) is 17.7 Å². The van der Waals surface area contributed by atoms with Gasteiger partial charge in [0.15, 0.2) is 5.78 Å². The standard InChI is InChI=1S/C20H24O3S2/c1-13(21)14-5-7-18(8-6-14)23-19(22)15-11-16-3-2-4-17(12-15)20(16)24-9-10-25-20/h5-8,15-17H,2-4,9-12H2,1H3/t15?,16-,17+. The molecule has 3 aliphatic rings. The summed E-state index contributed by atoms with van der Waals surface area (Å²) >= 11 is 4.32. The van der Waals surface area contributed by atoms with Crippen LogP contribution in [0.4, 0.5) is 0 Å². The zero-order valence-electron chi connectivity index (χ0n) is 14.5. The molecule has 5 heteroatoms. The molecule has 3 atom stereocenters. The summed E-state index contributed by atoms with van der Waals surface area (Å²) in [4.78, 5) is 24.1. The zero-order valence-corrected chi connectivity index (χ0v) is 16.2. The quantitative estimate of drug-likeness (QED) is 0.431. The molecule has 1 heterocycles. The molecular formula is C20H24O3S2. The average molecular weight is 377 g/mol. The van der Waals surface area contributed by atoms with Gasteiger partial charge < -0.3 is 4.74 Å². The normalized spacial score (nSPS) is 30.2. The molecule has 3 fully saturated rings. The van der Waals surface area contributed by atoms with E-state index in [1.54, 1.807) is 24.3 Å². The Bertz CT molecular complexity index is 648. The fourth-order valence-corrected chi connectivity index (χ4v) is 8.70. The van der Waals surface area contributed by atoms with Crippen LogP contribution in [0.25, 0.3) is 0 Å². The van der Waals surface area contributed by atoms with Gasteiger partial charge in [0, 0.05) is 17.1 Å². The van der Waals surface area contributed by atoms with Crippen molar-refractivity contribution in [2.75, 3.05) is 11.5 Å². The van der Waals surface area contributed by atoms with E-state index in [4.69, 9.17) is 4.74 Å². The highest BCUT2D eigenvalue weighted by Gasteiger charge is 2.55. The average Bonchev–Trinajstić information content (AvgIpc) is 3.04. The molecule has 2 bridgehead atoms. The van der Waals surface area contributed by atoms with Crippen LogP contribution in [0.2, 0.25) is 0 Å². The van der Waals surface area contributed by atoms with Crippen LogP contribution in [-0.4, -0.2) is 27.3 Å². The van der Waals surface area contributed by atoms with Gasteiger partial charge >= 0.3 is 5.97 Å². The van der Waals surface area contributed by atoms with Crippen molar-refractivity contribution in [3.05, 3.63) is 29.8 Å². The first kappa shape index (κ1) is 17.5. The van der Waals surface area contributed by atoms with E-state index in [2.05, 4.69) is 23.5 Å². The second-order valence-corrected chi connectivity index (χ2v) is 10.4. The summed E-state index contributed by atoms with van der Waals surface area (Å²) in [6.07, 6.45) is 5.77. The zero-order chi connectivity index (χ0) is 17.4. The summed E-state index contributed by atoms with van der Waals surface area (Å²) in [6, 6.07) is 6.90. The minimum atomic E-state index is -0.0877. The van der Waals surface area contributed by atoms with Gasteiger partial charge in [0.2, 0.25) is 0 Å². The molecule has 0 amide bonds. The molecular weight excluding hydrogens is 352 g/mol. The summed E-state index contributed by atoms with van der Waals surface area (Å²) in [5.74, 6) is 4.32. The maximum atomic E-state index is 12.7. The summed E-state index contributed by atoms with van der Waals surface area (Å²) < 4.78 is 6.03. The van der Waals surface area contributed by atoms with Crippen molar-refractivity contribution in [2.24, 2.45) is 17.8 Å². The van der Waals surface area contributed by atoms with Crippen LogP contribution in [0, 0.1) is 17.8 Å². The van der Waals surface area contributed by atoms with Gasteiger partial charge in [0.25, 0.3) is 0 Å². The molecule has 25 heavy (non-hydrogen) atoms. The Morgan fingerprint density at radius 3 is 2.20 bits per heavy atom. The Balaban J connectivity index is 1.44. The first-order valence-electron chi connectivity index (χ1n) is 9.19. The molecule has 0 aromatic heterocycles. The molecule has 0 N–H and O–H groups in total. The number of rotatable bonds is 3. The molecule has 2 saturated carbocycles. The first-order chi connectivity index (χ1) is 12.1. The minimum Gasteiger partial charge on any atom is -0.426 e. The summed E-state index contributed by atoms with van der Waals surface area (Å²) in [5.41, 5.74) is 0.643. The van der Waals surface area contributed by atoms with Crippen LogP contribution < -0.4 is 4.74 Å². The minimum absolute atomic E-state index is 0.0230. The van der Waals surface area contributed by atoms with Crippen molar-refractivity contribution < 1.29 is 14.3 Å². The fourth-order valence-electron chi connectivity index (χ4n) is 4.76. The number of carbonyl (C=O) groups excluding carboxylic acids is 2. The smallest absolute Gasteiger partial charge is 0.314 e. The predicted molar refractivity (Wildman–Crippen MR) is 103 cm³/mol. The highest BCUT2D eigenvalue weighted by atomic mass is 32.2. The number of Topliss-reactive ketones (excluding diaryl/α,β-unsaturated/α-hetero) is 1. The van der Waals surface area contributed by atoms with Crippen molar-refractivity contribution in [3.63, 3.8) is 0 Å². The van der Waals surface area contributed by atoms with Gasteiger partial charge in [0.05, 0.1) is 10.00 Å². The number of esters is 1. The number of hydrogen-bond acceptors (Lipinski definition) is 5. The van der Waals surface area contributed by atoms with Gasteiger partial charge in [-0.2, -0.15) is 0 Å². The third-order valence-corrected chi connectivity index (χ3v) is 9.95. The number of ether oxygens (including phenoxy) is 1. The third kappa shape index (κ3) is 3.25. The molecule has 3 nitrogen and oxygen atoms in total. The fraction of sp³-hybridized carbons (Fsp3) is 0.600. The van der Waals surface area contributed by atoms with E-state index in [9.17, 15) is 9.59 Å².